The van der Waals surface area contributed by atoms with E-state index in [9.17, 15) is 4.79 Å². The maximum Gasteiger partial charge on any atom is 0.326 e. The lowest BCUT2D eigenvalue weighted by Gasteiger charge is -2.35. The van der Waals surface area contributed by atoms with Crippen LogP contribution in [0, 0.1) is 0 Å². The van der Waals surface area contributed by atoms with Gasteiger partial charge in [0.25, 0.3) is 0 Å². The molecule has 1 saturated heterocycles. The number of carboxylic acids is 1. The zero-order chi connectivity index (χ0) is 7.56. The third-order valence-electron chi connectivity index (χ3n) is 1.56. The van der Waals surface area contributed by atoms with Crippen LogP contribution in [0.3, 0.4) is 0 Å². The van der Waals surface area contributed by atoms with E-state index in [0.29, 0.717) is 6.42 Å². The number of likely N-dealkylation sites (tertiary alicyclic amines) is 1. The Bertz CT molecular complexity index is 168. The van der Waals surface area contributed by atoms with Crippen LogP contribution in [-0.4, -0.2) is 34.9 Å². The third-order valence-corrected chi connectivity index (χ3v) is 1.56. The topological polar surface area (TPSA) is 78.9 Å². The quantitative estimate of drug-likeness (QED) is 0.226. The molecule has 0 aromatic heterocycles. The van der Waals surface area contributed by atoms with Gasteiger partial charge in [-0.3, -0.25) is 0 Å². The minimum atomic E-state index is -0.814. The second kappa shape index (κ2) is 2.55. The van der Waals surface area contributed by atoms with Crippen molar-refractivity contribution in [3.63, 3.8) is 0 Å². The summed E-state index contributed by atoms with van der Waals surface area (Å²) in [6.07, 6.45) is 2.03. The second-order valence-corrected chi connectivity index (χ2v) is 2.15. The zero-order valence-electron chi connectivity index (χ0n) is 5.40. The van der Waals surface area contributed by atoms with Crippen molar-refractivity contribution in [3.05, 3.63) is 0 Å². The van der Waals surface area contributed by atoms with Gasteiger partial charge in [-0.25, -0.2) is 4.79 Å². The Morgan fingerprint density at radius 1 is 1.90 bits per heavy atom. The molecule has 1 aliphatic rings. The van der Waals surface area contributed by atoms with Crippen molar-refractivity contribution in [3.8, 4) is 0 Å². The Labute approximate surface area is 58.1 Å². The Morgan fingerprint density at radius 2 is 2.60 bits per heavy atom. The van der Waals surface area contributed by atoms with Crippen molar-refractivity contribution >= 4 is 12.3 Å². The molecule has 3 N–H and O–H groups in total. The highest BCUT2D eigenvalue weighted by molar-refractivity contribution is 5.78. The second-order valence-electron chi connectivity index (χ2n) is 2.15. The lowest BCUT2D eigenvalue weighted by Crippen LogP contribution is -2.51. The summed E-state index contributed by atoms with van der Waals surface area (Å²) in [4.78, 5) is 11.9. The van der Waals surface area contributed by atoms with Gasteiger partial charge in [0.15, 0.2) is 0 Å². The molecular weight excluding hydrogens is 134 g/mol. The van der Waals surface area contributed by atoms with Gasteiger partial charge in [-0.15, -0.1) is 0 Å². The molecule has 0 aliphatic carbocycles. The first-order chi connectivity index (χ1) is 4.75. The molecule has 0 aromatic carbocycles. The van der Waals surface area contributed by atoms with E-state index in [1.54, 1.807) is 4.90 Å². The Balaban J connectivity index is 2.43. The molecular formula is C5H9N3O2. The molecule has 0 aromatic rings. The highest BCUT2D eigenvalue weighted by Crippen LogP contribution is 2.14. The minimum absolute atomic E-state index is 0.410. The molecule has 10 heavy (non-hydrogen) atoms. The first kappa shape index (κ1) is 6.85. The molecule has 56 valence electrons. The summed E-state index contributed by atoms with van der Waals surface area (Å²) in [5.41, 5.74) is 0. The zero-order valence-corrected chi connectivity index (χ0v) is 5.40. The van der Waals surface area contributed by atoms with Gasteiger partial charge in [-0.1, -0.05) is 0 Å². The first-order valence-electron chi connectivity index (χ1n) is 2.97. The monoisotopic (exact) mass is 143 g/mol. The summed E-state index contributed by atoms with van der Waals surface area (Å²) in [5.74, 6) is 4.02. The summed E-state index contributed by atoms with van der Waals surface area (Å²) in [7, 11) is 0. The van der Waals surface area contributed by atoms with Crippen molar-refractivity contribution in [1.82, 2.24) is 4.90 Å². The largest absolute Gasteiger partial charge is 0.480 e. The van der Waals surface area contributed by atoms with Crippen molar-refractivity contribution in [1.29, 1.82) is 0 Å². The first-order valence-corrected chi connectivity index (χ1v) is 2.97. The van der Waals surface area contributed by atoms with Crippen LogP contribution < -0.4 is 5.84 Å². The van der Waals surface area contributed by atoms with Crippen LogP contribution in [0.5, 0.6) is 0 Å². The van der Waals surface area contributed by atoms with Gasteiger partial charge in [0.1, 0.15) is 12.4 Å². The Morgan fingerprint density at radius 3 is 2.90 bits per heavy atom. The molecule has 0 radical (unpaired) electrons. The molecule has 0 bridgehead atoms. The van der Waals surface area contributed by atoms with E-state index in [2.05, 4.69) is 5.10 Å². The third kappa shape index (κ3) is 1.02. The molecule has 0 saturated carbocycles. The average Bonchev–Trinajstić information content (AvgIpc) is 1.78. The fourth-order valence-corrected chi connectivity index (χ4v) is 0.896. The maximum absolute atomic E-state index is 10.3. The molecule has 5 nitrogen and oxygen atoms in total. The number of hydrogen-bond acceptors (Lipinski definition) is 3. The van der Waals surface area contributed by atoms with E-state index in [1.807, 2.05) is 0 Å². The SMILES string of the molecule is NN=CN1CCC1C(=O)O. The van der Waals surface area contributed by atoms with Gasteiger partial charge in [0.05, 0.1) is 0 Å². The summed E-state index contributed by atoms with van der Waals surface area (Å²) in [6.45, 7) is 0.734. The molecule has 5 heteroatoms. The summed E-state index contributed by atoms with van der Waals surface area (Å²) in [6, 6.07) is -0.410. The van der Waals surface area contributed by atoms with E-state index in [0.717, 1.165) is 6.54 Å². The number of carboxylic acid groups (broad SMARTS) is 1. The number of aliphatic carboxylic acids is 1. The van der Waals surface area contributed by atoms with E-state index in [-0.39, 0.29) is 0 Å². The van der Waals surface area contributed by atoms with Gasteiger partial charge in [-0.05, 0) is 6.42 Å². The fraction of sp³-hybridized carbons (Fsp3) is 0.600. The molecule has 1 heterocycles. The number of rotatable bonds is 2. The van der Waals surface area contributed by atoms with Crippen LogP contribution in [0.1, 0.15) is 6.42 Å². The summed E-state index contributed by atoms with van der Waals surface area (Å²) >= 11 is 0. The van der Waals surface area contributed by atoms with Gasteiger partial charge in [0, 0.05) is 6.54 Å². The molecule has 1 fully saturated rings. The Hall–Kier alpha value is -1.26. The number of nitrogens with zero attached hydrogens (tertiary/aromatic N) is 2. The molecule has 0 amide bonds. The van der Waals surface area contributed by atoms with Crippen LogP contribution in [-0.2, 0) is 4.79 Å². The van der Waals surface area contributed by atoms with E-state index in [1.165, 1.54) is 6.34 Å². The highest BCUT2D eigenvalue weighted by Gasteiger charge is 2.31. The average molecular weight is 143 g/mol. The number of hydrogen-bond donors (Lipinski definition) is 2. The van der Waals surface area contributed by atoms with Crippen molar-refractivity contribution in [2.24, 2.45) is 10.9 Å². The summed E-state index contributed by atoms with van der Waals surface area (Å²) in [5, 5.41) is 11.7. The van der Waals surface area contributed by atoms with Gasteiger partial charge in [-0.2, -0.15) is 5.10 Å². The lowest BCUT2D eigenvalue weighted by molar-refractivity contribution is -0.145. The lowest BCUT2D eigenvalue weighted by atomic mass is 10.1. The van der Waals surface area contributed by atoms with Gasteiger partial charge < -0.3 is 15.8 Å². The van der Waals surface area contributed by atoms with Crippen LogP contribution in [0.4, 0.5) is 0 Å². The predicted octanol–water partition coefficient (Wildman–Crippen LogP) is -0.953. The smallest absolute Gasteiger partial charge is 0.326 e. The van der Waals surface area contributed by atoms with Crippen LogP contribution in [0.2, 0.25) is 0 Å². The van der Waals surface area contributed by atoms with E-state index in [4.69, 9.17) is 10.9 Å². The summed E-state index contributed by atoms with van der Waals surface area (Å²) < 4.78 is 0. The van der Waals surface area contributed by atoms with E-state index >= 15 is 0 Å². The van der Waals surface area contributed by atoms with Crippen molar-refractivity contribution in [2.45, 2.75) is 12.5 Å². The standard InChI is InChI=1S/C5H9N3O2/c6-7-3-8-2-1-4(8)5(9)10/h3-4H,1-2,6H2,(H,9,10). The Kier molecular flexibility index (Phi) is 1.75. The maximum atomic E-state index is 10.3. The molecule has 0 spiro atoms. The van der Waals surface area contributed by atoms with E-state index < -0.39 is 12.0 Å². The minimum Gasteiger partial charge on any atom is -0.480 e. The molecule has 1 rings (SSSR count). The van der Waals surface area contributed by atoms with Crippen LogP contribution >= 0.6 is 0 Å². The fourth-order valence-electron chi connectivity index (χ4n) is 0.896. The van der Waals surface area contributed by atoms with Crippen LogP contribution in [0.25, 0.3) is 0 Å². The predicted molar refractivity (Wildman–Crippen MR) is 35.4 cm³/mol. The normalized spacial score (nSPS) is 24.8. The number of carbonyl (C=O) groups is 1. The highest BCUT2D eigenvalue weighted by atomic mass is 16.4. The van der Waals surface area contributed by atoms with Gasteiger partial charge >= 0.3 is 5.97 Å². The van der Waals surface area contributed by atoms with Crippen molar-refractivity contribution in [2.75, 3.05) is 6.54 Å². The van der Waals surface area contributed by atoms with Gasteiger partial charge in [0.2, 0.25) is 0 Å². The number of nitrogens with two attached hydrogens (primary N) is 1. The number of hydrazone groups is 1. The molecule has 1 unspecified atom stereocenters. The molecule has 1 atom stereocenters. The molecule has 1 aliphatic heterocycles. The van der Waals surface area contributed by atoms with Crippen molar-refractivity contribution < 1.29 is 9.90 Å². The van der Waals surface area contributed by atoms with Crippen LogP contribution in [0.15, 0.2) is 5.10 Å².